The Morgan fingerprint density at radius 2 is 1.40 bits per heavy atom. The van der Waals surface area contributed by atoms with Crippen molar-refractivity contribution in [2.45, 2.75) is 70.2 Å². The lowest BCUT2D eigenvalue weighted by atomic mass is 10.1. The Labute approximate surface area is 178 Å². The summed E-state index contributed by atoms with van der Waals surface area (Å²) in [5.74, 6) is 2.61. The van der Waals surface area contributed by atoms with E-state index in [1.807, 2.05) is 24.3 Å². The van der Waals surface area contributed by atoms with Crippen LogP contribution in [0.15, 0.2) is 36.4 Å². The van der Waals surface area contributed by atoms with E-state index in [1.54, 1.807) is 19.2 Å². The Morgan fingerprint density at radius 1 is 0.867 bits per heavy atom. The molecule has 5 nitrogen and oxygen atoms in total. The van der Waals surface area contributed by atoms with Gasteiger partial charge in [-0.05, 0) is 81.2 Å². The summed E-state index contributed by atoms with van der Waals surface area (Å²) in [6, 6.07) is 11.3. The van der Waals surface area contributed by atoms with Gasteiger partial charge in [0.05, 0.1) is 19.3 Å². The molecule has 0 aromatic heterocycles. The molecular weight excluding hydrogens is 380 g/mol. The van der Waals surface area contributed by atoms with Crippen molar-refractivity contribution in [3.05, 3.63) is 47.5 Å². The molecule has 0 amide bonds. The molecule has 2 aromatic rings. The molecule has 0 saturated heterocycles. The highest BCUT2D eigenvalue weighted by Crippen LogP contribution is 2.42. The van der Waals surface area contributed by atoms with Gasteiger partial charge in [0, 0.05) is 5.56 Å². The van der Waals surface area contributed by atoms with Crippen molar-refractivity contribution in [1.82, 2.24) is 0 Å². The fourth-order valence-electron chi connectivity index (χ4n) is 4.23. The van der Waals surface area contributed by atoms with Crippen LogP contribution >= 0.6 is 0 Å². The molecule has 5 heteroatoms. The van der Waals surface area contributed by atoms with Crippen LogP contribution in [0.2, 0.25) is 0 Å². The molecule has 2 aromatic carbocycles. The predicted octanol–water partition coefficient (Wildman–Crippen LogP) is 5.73. The maximum atomic E-state index is 11.6. The number of ether oxygens (including phenoxy) is 4. The standard InChI is InChI=1S/C25H30O5/c1-27-20-12-10-18(11-13-20)17-28-25-23(29-21-6-2-3-7-21)14-19(16-26)15-24(25)30-22-8-4-5-9-22/h10-16,21-22H,2-9,17H2,1H3. The molecule has 0 radical (unpaired) electrons. The molecule has 0 atom stereocenters. The molecule has 4 rings (SSSR count). The van der Waals surface area contributed by atoms with E-state index in [0.29, 0.717) is 29.4 Å². The van der Waals surface area contributed by atoms with Gasteiger partial charge in [0.1, 0.15) is 18.6 Å². The summed E-state index contributed by atoms with van der Waals surface area (Å²) in [5, 5.41) is 0. The zero-order valence-corrected chi connectivity index (χ0v) is 17.6. The molecule has 0 N–H and O–H groups in total. The smallest absolute Gasteiger partial charge is 0.203 e. The van der Waals surface area contributed by atoms with Gasteiger partial charge in [-0.25, -0.2) is 0 Å². The summed E-state index contributed by atoms with van der Waals surface area (Å²) >= 11 is 0. The maximum absolute atomic E-state index is 11.6. The second-order valence-electron chi connectivity index (χ2n) is 8.15. The van der Waals surface area contributed by atoms with Crippen molar-refractivity contribution in [1.29, 1.82) is 0 Å². The number of hydrogen-bond donors (Lipinski definition) is 0. The molecule has 2 saturated carbocycles. The third kappa shape index (κ3) is 5.07. The first-order chi connectivity index (χ1) is 14.7. The number of benzene rings is 2. The Morgan fingerprint density at radius 3 is 1.87 bits per heavy atom. The first-order valence-corrected chi connectivity index (χ1v) is 11.0. The molecule has 2 aliphatic carbocycles. The molecule has 160 valence electrons. The fraction of sp³-hybridized carbons (Fsp3) is 0.480. The lowest BCUT2D eigenvalue weighted by molar-refractivity contribution is 0.112. The minimum atomic E-state index is 0.162. The number of rotatable bonds is 9. The molecule has 0 bridgehead atoms. The fourth-order valence-corrected chi connectivity index (χ4v) is 4.23. The van der Waals surface area contributed by atoms with Crippen LogP contribution in [-0.4, -0.2) is 25.6 Å². The van der Waals surface area contributed by atoms with Crippen molar-refractivity contribution in [3.63, 3.8) is 0 Å². The number of methoxy groups -OCH3 is 1. The van der Waals surface area contributed by atoms with E-state index in [1.165, 1.54) is 25.7 Å². The van der Waals surface area contributed by atoms with Crippen molar-refractivity contribution in [3.8, 4) is 23.0 Å². The third-order valence-electron chi connectivity index (χ3n) is 5.91. The van der Waals surface area contributed by atoms with Gasteiger partial charge in [0.15, 0.2) is 11.5 Å². The monoisotopic (exact) mass is 410 g/mol. The van der Waals surface area contributed by atoms with Gasteiger partial charge in [-0.15, -0.1) is 0 Å². The normalized spacial score (nSPS) is 17.1. The molecule has 0 spiro atoms. The number of hydrogen-bond acceptors (Lipinski definition) is 5. The number of carbonyl (C=O) groups excluding carboxylic acids is 1. The van der Waals surface area contributed by atoms with Crippen LogP contribution in [0.1, 0.15) is 67.3 Å². The highest BCUT2D eigenvalue weighted by Gasteiger charge is 2.24. The lowest BCUT2D eigenvalue weighted by Crippen LogP contribution is -2.15. The van der Waals surface area contributed by atoms with Crippen molar-refractivity contribution in [2.75, 3.05) is 7.11 Å². The summed E-state index contributed by atoms with van der Waals surface area (Å²) < 4.78 is 24.1. The van der Waals surface area contributed by atoms with Crippen molar-refractivity contribution in [2.24, 2.45) is 0 Å². The first-order valence-electron chi connectivity index (χ1n) is 11.0. The van der Waals surface area contributed by atoms with Crippen LogP contribution in [-0.2, 0) is 6.61 Å². The van der Waals surface area contributed by atoms with E-state index < -0.39 is 0 Å². The molecule has 0 aliphatic heterocycles. The average molecular weight is 411 g/mol. The van der Waals surface area contributed by atoms with Crippen LogP contribution in [0.4, 0.5) is 0 Å². The van der Waals surface area contributed by atoms with Crippen LogP contribution in [0.3, 0.4) is 0 Å². The molecule has 0 heterocycles. The highest BCUT2D eigenvalue weighted by molar-refractivity contribution is 5.78. The zero-order chi connectivity index (χ0) is 20.8. The van der Waals surface area contributed by atoms with Gasteiger partial charge >= 0.3 is 0 Å². The SMILES string of the molecule is COc1ccc(COc2c(OC3CCCC3)cc(C=O)cc2OC2CCCC2)cc1. The molecule has 2 fully saturated rings. The van der Waals surface area contributed by atoms with E-state index in [4.69, 9.17) is 18.9 Å². The molecule has 0 unspecified atom stereocenters. The summed E-state index contributed by atoms with van der Waals surface area (Å²) in [6.45, 7) is 0.381. The summed E-state index contributed by atoms with van der Waals surface area (Å²) in [7, 11) is 1.65. The van der Waals surface area contributed by atoms with Crippen LogP contribution in [0.25, 0.3) is 0 Å². The van der Waals surface area contributed by atoms with Gasteiger partial charge < -0.3 is 18.9 Å². The average Bonchev–Trinajstić information content (AvgIpc) is 3.48. The quantitative estimate of drug-likeness (QED) is 0.494. The Balaban J connectivity index is 1.60. The molecule has 2 aliphatic rings. The van der Waals surface area contributed by atoms with Gasteiger partial charge in [0.2, 0.25) is 5.75 Å². The van der Waals surface area contributed by atoms with Crippen LogP contribution in [0, 0.1) is 0 Å². The zero-order valence-electron chi connectivity index (χ0n) is 17.6. The van der Waals surface area contributed by atoms with Crippen molar-refractivity contribution < 1.29 is 23.7 Å². The lowest BCUT2D eigenvalue weighted by Gasteiger charge is -2.22. The van der Waals surface area contributed by atoms with Crippen LogP contribution in [0.5, 0.6) is 23.0 Å². The van der Waals surface area contributed by atoms with E-state index in [9.17, 15) is 4.79 Å². The van der Waals surface area contributed by atoms with Gasteiger partial charge in [0.25, 0.3) is 0 Å². The predicted molar refractivity (Wildman–Crippen MR) is 115 cm³/mol. The van der Waals surface area contributed by atoms with Gasteiger partial charge in [-0.3, -0.25) is 4.79 Å². The molecule has 30 heavy (non-hydrogen) atoms. The highest BCUT2D eigenvalue weighted by atomic mass is 16.5. The largest absolute Gasteiger partial charge is 0.497 e. The number of aldehydes is 1. The minimum Gasteiger partial charge on any atom is -0.497 e. The maximum Gasteiger partial charge on any atom is 0.203 e. The van der Waals surface area contributed by atoms with E-state index in [-0.39, 0.29) is 12.2 Å². The summed E-state index contributed by atoms with van der Waals surface area (Å²) in [6.07, 6.45) is 9.97. The molecular formula is C25H30O5. The van der Waals surface area contributed by atoms with Crippen molar-refractivity contribution >= 4 is 6.29 Å². The Hall–Kier alpha value is -2.69. The van der Waals surface area contributed by atoms with E-state index in [2.05, 4.69) is 0 Å². The number of carbonyl (C=O) groups is 1. The Kier molecular flexibility index (Phi) is 6.77. The summed E-state index contributed by atoms with van der Waals surface area (Å²) in [5.41, 5.74) is 1.57. The Bertz CT molecular complexity index is 794. The van der Waals surface area contributed by atoms with E-state index >= 15 is 0 Å². The van der Waals surface area contributed by atoms with E-state index in [0.717, 1.165) is 43.3 Å². The van der Waals surface area contributed by atoms with Gasteiger partial charge in [-0.2, -0.15) is 0 Å². The third-order valence-corrected chi connectivity index (χ3v) is 5.91. The first kappa shape index (κ1) is 20.6. The van der Waals surface area contributed by atoms with Gasteiger partial charge in [-0.1, -0.05) is 12.1 Å². The summed E-state index contributed by atoms with van der Waals surface area (Å²) in [4.78, 5) is 11.6. The second kappa shape index (κ2) is 9.88. The van der Waals surface area contributed by atoms with Crippen LogP contribution < -0.4 is 18.9 Å². The topological polar surface area (TPSA) is 54.0 Å². The second-order valence-corrected chi connectivity index (χ2v) is 8.15. The minimum absolute atomic E-state index is 0.162.